The molecule has 9 nitrogen and oxygen atoms in total. The van der Waals surface area contributed by atoms with Crippen molar-refractivity contribution in [3.05, 3.63) is 24.3 Å². The lowest BCUT2D eigenvalue weighted by Crippen LogP contribution is -2.29. The summed E-state index contributed by atoms with van der Waals surface area (Å²) in [7, 11) is -4.38. The summed E-state index contributed by atoms with van der Waals surface area (Å²) in [5.41, 5.74) is 5.35. The van der Waals surface area contributed by atoms with Crippen molar-refractivity contribution >= 4 is 19.8 Å². The van der Waals surface area contributed by atoms with Crippen LogP contribution in [0.1, 0.15) is 245 Å². The Balaban J connectivity index is 3.94. The van der Waals surface area contributed by atoms with E-state index in [9.17, 15) is 19.0 Å². The Kier molecular flexibility index (Phi) is 44.8. The normalized spacial score (nSPS) is 13.4. The van der Waals surface area contributed by atoms with Crippen molar-refractivity contribution in [2.75, 3.05) is 26.4 Å². The van der Waals surface area contributed by atoms with Gasteiger partial charge in [-0.2, -0.15) is 0 Å². The maximum Gasteiger partial charge on any atom is 0.472 e. The first-order chi connectivity index (χ1) is 28.8. The van der Waals surface area contributed by atoms with Crippen molar-refractivity contribution in [3.63, 3.8) is 0 Å². The van der Waals surface area contributed by atoms with Crippen LogP contribution >= 0.6 is 7.82 Å². The van der Waals surface area contributed by atoms with Gasteiger partial charge in [-0.3, -0.25) is 18.6 Å². The zero-order valence-corrected chi connectivity index (χ0v) is 39.4. The molecule has 0 aliphatic carbocycles. The molecule has 0 aromatic heterocycles. The Labute approximate surface area is 363 Å². The lowest BCUT2D eigenvalue weighted by Gasteiger charge is -2.19. The zero-order valence-electron chi connectivity index (χ0n) is 38.5. The van der Waals surface area contributed by atoms with Crippen LogP contribution in [0.4, 0.5) is 0 Å². The summed E-state index contributed by atoms with van der Waals surface area (Å²) in [5.74, 6) is -0.834. The molecule has 0 aromatic rings. The predicted octanol–water partition coefficient (Wildman–Crippen LogP) is 14.7. The number of phosphoric ester groups is 1. The monoisotopic (exact) mass is 856 g/mol. The highest BCUT2D eigenvalue weighted by molar-refractivity contribution is 7.47. The molecule has 0 saturated heterocycles. The molecule has 0 spiro atoms. The molecular weight excluding hydrogens is 762 g/mol. The average Bonchev–Trinajstić information content (AvgIpc) is 3.22. The summed E-state index contributed by atoms with van der Waals surface area (Å²) in [6, 6.07) is 0. The minimum atomic E-state index is -4.38. The van der Waals surface area contributed by atoms with Gasteiger partial charge >= 0.3 is 19.8 Å². The minimum Gasteiger partial charge on any atom is -0.462 e. The van der Waals surface area contributed by atoms with E-state index in [1.54, 1.807) is 0 Å². The van der Waals surface area contributed by atoms with Gasteiger partial charge in [0, 0.05) is 19.4 Å². The number of rotatable bonds is 47. The molecule has 0 aliphatic rings. The summed E-state index contributed by atoms with van der Waals surface area (Å²) in [5, 5.41) is 0. The maximum absolute atomic E-state index is 12.6. The molecule has 0 aromatic carbocycles. The highest BCUT2D eigenvalue weighted by Crippen LogP contribution is 2.43. The van der Waals surface area contributed by atoms with E-state index in [2.05, 4.69) is 38.2 Å². The smallest absolute Gasteiger partial charge is 0.462 e. The molecule has 0 heterocycles. The second-order valence-corrected chi connectivity index (χ2v) is 18.1. The fraction of sp³-hybridized carbons (Fsp3) is 0.878. The first kappa shape index (κ1) is 57.5. The van der Waals surface area contributed by atoms with E-state index in [0.717, 1.165) is 64.2 Å². The standard InChI is InChI=1S/C49H94NO8P/c1-3-5-7-9-11-13-15-17-18-19-20-21-22-23-24-25-26-27-28-30-31-33-35-37-39-41-48(51)55-45-47(46-57-59(53,54)56-44-43-50)58-49(52)42-40-38-36-34-32-29-16-14-12-10-8-6-4-2/h8,10,14,16,47H,3-7,9,11-13,15,17-46,50H2,1-2H3,(H,53,54)/b10-8-,16-14-. The van der Waals surface area contributed by atoms with E-state index in [0.29, 0.717) is 6.42 Å². The molecule has 0 aliphatic heterocycles. The SMILES string of the molecule is CCC/C=C\C/C=C\CCCCCCCC(=O)OC(COC(=O)CCCCCCCCCCCCCCCCCCCCCCCCCCC)COP(=O)(O)OCCN. The van der Waals surface area contributed by atoms with Crippen LogP contribution in [0.3, 0.4) is 0 Å². The van der Waals surface area contributed by atoms with Crippen molar-refractivity contribution in [1.82, 2.24) is 0 Å². The Morgan fingerprint density at radius 1 is 0.508 bits per heavy atom. The predicted molar refractivity (Wildman–Crippen MR) is 247 cm³/mol. The van der Waals surface area contributed by atoms with Crippen LogP contribution in [-0.2, 0) is 32.7 Å². The van der Waals surface area contributed by atoms with Crippen molar-refractivity contribution < 1.29 is 37.6 Å². The fourth-order valence-electron chi connectivity index (χ4n) is 7.15. The third-order valence-electron chi connectivity index (χ3n) is 10.8. The topological polar surface area (TPSA) is 134 Å². The summed E-state index contributed by atoms with van der Waals surface area (Å²) in [6.07, 6.45) is 50.9. The fourth-order valence-corrected chi connectivity index (χ4v) is 7.91. The maximum atomic E-state index is 12.6. The van der Waals surface area contributed by atoms with Gasteiger partial charge in [0.05, 0.1) is 13.2 Å². The van der Waals surface area contributed by atoms with Gasteiger partial charge in [-0.25, -0.2) is 4.57 Å². The van der Waals surface area contributed by atoms with E-state index < -0.39 is 26.5 Å². The number of hydrogen-bond donors (Lipinski definition) is 2. The Bertz CT molecular complexity index is 1020. The molecule has 2 unspecified atom stereocenters. The van der Waals surface area contributed by atoms with Gasteiger partial charge in [-0.1, -0.05) is 218 Å². The number of esters is 2. The average molecular weight is 856 g/mol. The first-order valence-electron chi connectivity index (χ1n) is 24.8. The number of carbonyl (C=O) groups is 2. The number of ether oxygens (including phenoxy) is 2. The van der Waals surface area contributed by atoms with Gasteiger partial charge in [0.1, 0.15) is 6.61 Å². The first-order valence-corrected chi connectivity index (χ1v) is 26.3. The molecule has 10 heteroatoms. The van der Waals surface area contributed by atoms with Crippen molar-refractivity contribution in [1.29, 1.82) is 0 Å². The molecule has 2 atom stereocenters. The van der Waals surface area contributed by atoms with E-state index in [4.69, 9.17) is 24.3 Å². The number of nitrogens with two attached hydrogens (primary N) is 1. The number of allylic oxidation sites excluding steroid dienone is 4. The van der Waals surface area contributed by atoms with E-state index in [1.807, 2.05) is 0 Å². The molecule has 0 fully saturated rings. The quantitative estimate of drug-likeness (QED) is 0.0265. The zero-order chi connectivity index (χ0) is 43.2. The summed E-state index contributed by atoms with van der Waals surface area (Å²) in [4.78, 5) is 34.9. The molecular formula is C49H94NO8P. The second kappa shape index (κ2) is 46.0. The molecule has 0 rings (SSSR count). The third-order valence-corrected chi connectivity index (χ3v) is 11.8. The summed E-state index contributed by atoms with van der Waals surface area (Å²) >= 11 is 0. The van der Waals surface area contributed by atoms with E-state index in [-0.39, 0.29) is 38.6 Å². The van der Waals surface area contributed by atoms with Gasteiger partial charge in [-0.15, -0.1) is 0 Å². The summed E-state index contributed by atoms with van der Waals surface area (Å²) in [6.45, 7) is 3.69. The van der Waals surface area contributed by atoms with Crippen LogP contribution in [0.15, 0.2) is 24.3 Å². The van der Waals surface area contributed by atoms with Crippen molar-refractivity contribution in [2.45, 2.75) is 251 Å². The molecule has 0 radical (unpaired) electrons. The molecule has 59 heavy (non-hydrogen) atoms. The highest BCUT2D eigenvalue weighted by Gasteiger charge is 2.26. The van der Waals surface area contributed by atoms with E-state index >= 15 is 0 Å². The van der Waals surface area contributed by atoms with Crippen LogP contribution in [0, 0.1) is 0 Å². The largest absolute Gasteiger partial charge is 0.472 e. The third kappa shape index (κ3) is 45.8. The number of carbonyl (C=O) groups excluding carboxylic acids is 2. The van der Waals surface area contributed by atoms with Gasteiger partial charge in [0.2, 0.25) is 0 Å². The molecule has 0 saturated carbocycles. The molecule has 0 bridgehead atoms. The van der Waals surface area contributed by atoms with Crippen molar-refractivity contribution in [2.24, 2.45) is 5.73 Å². The van der Waals surface area contributed by atoms with Gasteiger partial charge in [0.15, 0.2) is 6.10 Å². The number of unbranched alkanes of at least 4 members (excludes halogenated alkanes) is 30. The lowest BCUT2D eigenvalue weighted by molar-refractivity contribution is -0.161. The van der Waals surface area contributed by atoms with Gasteiger partial charge < -0.3 is 20.1 Å². The minimum absolute atomic E-state index is 0.0526. The molecule has 3 N–H and O–H groups in total. The Morgan fingerprint density at radius 3 is 1.36 bits per heavy atom. The second-order valence-electron chi connectivity index (χ2n) is 16.7. The molecule has 348 valence electrons. The number of hydrogen-bond acceptors (Lipinski definition) is 8. The van der Waals surface area contributed by atoms with Crippen LogP contribution in [0.5, 0.6) is 0 Å². The Morgan fingerprint density at radius 2 is 0.915 bits per heavy atom. The van der Waals surface area contributed by atoms with Gasteiger partial charge in [0.25, 0.3) is 0 Å². The molecule has 0 amide bonds. The van der Waals surface area contributed by atoms with E-state index in [1.165, 1.54) is 148 Å². The van der Waals surface area contributed by atoms with Crippen LogP contribution in [-0.4, -0.2) is 49.3 Å². The highest BCUT2D eigenvalue weighted by atomic mass is 31.2. The van der Waals surface area contributed by atoms with Crippen molar-refractivity contribution in [3.8, 4) is 0 Å². The van der Waals surface area contributed by atoms with Crippen LogP contribution < -0.4 is 5.73 Å². The number of phosphoric acid groups is 1. The Hall–Kier alpha value is -1.51. The van der Waals surface area contributed by atoms with Gasteiger partial charge in [-0.05, 0) is 38.5 Å². The van der Waals surface area contributed by atoms with Crippen LogP contribution in [0.25, 0.3) is 0 Å². The van der Waals surface area contributed by atoms with Crippen LogP contribution in [0.2, 0.25) is 0 Å². The lowest BCUT2D eigenvalue weighted by atomic mass is 10.0. The summed E-state index contributed by atoms with van der Waals surface area (Å²) < 4.78 is 32.8.